The highest BCUT2D eigenvalue weighted by atomic mass is 79.9. The summed E-state index contributed by atoms with van der Waals surface area (Å²) >= 11 is 9.16. The average Bonchev–Trinajstić information content (AvgIpc) is 2.60. The molecule has 1 amide bonds. The molecular formula is C17H16BrClN2O4. The molecule has 0 heterocycles. The largest absolute Gasteiger partial charge is 0.493 e. The molecule has 0 aliphatic carbocycles. The molecule has 1 N–H and O–H groups in total. The van der Waals surface area contributed by atoms with Crippen LogP contribution in [0.2, 0.25) is 5.02 Å². The van der Waals surface area contributed by atoms with Crippen LogP contribution in [0, 0.1) is 0 Å². The van der Waals surface area contributed by atoms with Crippen molar-refractivity contribution in [1.82, 2.24) is 5.43 Å². The predicted molar refractivity (Wildman–Crippen MR) is 99.9 cm³/mol. The molecule has 8 heteroatoms. The number of carbonyl (C=O) groups is 1. The zero-order valence-corrected chi connectivity index (χ0v) is 15.9. The Morgan fingerprint density at radius 1 is 1.16 bits per heavy atom. The van der Waals surface area contributed by atoms with Gasteiger partial charge in [-0.25, -0.2) is 5.43 Å². The highest BCUT2D eigenvalue weighted by Crippen LogP contribution is 2.28. The molecular weight excluding hydrogens is 412 g/mol. The number of ether oxygens (including phenoxy) is 3. The number of rotatable bonds is 7. The maximum absolute atomic E-state index is 11.8. The zero-order valence-electron chi connectivity index (χ0n) is 13.6. The first kappa shape index (κ1) is 19.1. The first-order valence-corrected chi connectivity index (χ1v) is 8.32. The lowest BCUT2D eigenvalue weighted by molar-refractivity contribution is -0.123. The van der Waals surface area contributed by atoms with Gasteiger partial charge in [-0.3, -0.25) is 4.79 Å². The second-order valence-corrected chi connectivity index (χ2v) is 6.06. The molecule has 0 spiro atoms. The summed E-state index contributed by atoms with van der Waals surface area (Å²) in [6.45, 7) is -0.177. The van der Waals surface area contributed by atoms with Gasteiger partial charge >= 0.3 is 0 Å². The summed E-state index contributed by atoms with van der Waals surface area (Å²) in [5.74, 6) is 1.32. The van der Waals surface area contributed by atoms with Crippen molar-refractivity contribution in [2.24, 2.45) is 5.10 Å². The van der Waals surface area contributed by atoms with Gasteiger partial charge in [0.25, 0.3) is 5.91 Å². The highest BCUT2D eigenvalue weighted by Gasteiger charge is 2.06. The van der Waals surface area contributed by atoms with Crippen molar-refractivity contribution >= 4 is 39.7 Å². The summed E-state index contributed by atoms with van der Waals surface area (Å²) in [6, 6.07) is 10.3. The number of nitrogens with zero attached hydrogens (tertiary/aromatic N) is 1. The first-order valence-electron chi connectivity index (χ1n) is 7.15. The van der Waals surface area contributed by atoms with Crippen LogP contribution >= 0.6 is 27.5 Å². The number of hydrazone groups is 1. The zero-order chi connectivity index (χ0) is 18.2. The van der Waals surface area contributed by atoms with Crippen molar-refractivity contribution in [3.05, 3.63) is 51.5 Å². The van der Waals surface area contributed by atoms with Gasteiger partial charge in [-0.2, -0.15) is 5.10 Å². The minimum atomic E-state index is -0.390. The Bertz CT molecular complexity index is 783. The van der Waals surface area contributed by atoms with Crippen LogP contribution in [0.25, 0.3) is 0 Å². The Kier molecular flexibility index (Phi) is 7.09. The van der Waals surface area contributed by atoms with Gasteiger partial charge in [0.2, 0.25) is 0 Å². The van der Waals surface area contributed by atoms with Crippen LogP contribution < -0.4 is 19.6 Å². The summed E-state index contributed by atoms with van der Waals surface area (Å²) in [7, 11) is 3.11. The number of halogens is 2. The van der Waals surface area contributed by atoms with Gasteiger partial charge in [0.15, 0.2) is 18.1 Å². The van der Waals surface area contributed by atoms with Crippen LogP contribution in [-0.2, 0) is 4.79 Å². The number of benzene rings is 2. The lowest BCUT2D eigenvalue weighted by Gasteiger charge is -2.08. The molecule has 0 saturated heterocycles. The molecule has 6 nitrogen and oxygen atoms in total. The second kappa shape index (κ2) is 9.29. The SMILES string of the molecule is COc1ccc(C=NNC(=O)COc2ccc(Cl)cc2Br)cc1OC. The van der Waals surface area contributed by atoms with Crippen molar-refractivity contribution in [3.63, 3.8) is 0 Å². The molecule has 0 fully saturated rings. The van der Waals surface area contributed by atoms with E-state index >= 15 is 0 Å². The van der Waals surface area contributed by atoms with Gasteiger partial charge in [-0.15, -0.1) is 0 Å². The molecule has 0 radical (unpaired) electrons. The van der Waals surface area contributed by atoms with E-state index in [4.69, 9.17) is 25.8 Å². The Morgan fingerprint density at radius 3 is 2.56 bits per heavy atom. The van der Waals surface area contributed by atoms with E-state index in [0.29, 0.717) is 26.7 Å². The summed E-state index contributed by atoms with van der Waals surface area (Å²) in [5, 5.41) is 4.46. The fourth-order valence-corrected chi connectivity index (χ4v) is 2.68. The first-order chi connectivity index (χ1) is 12.0. The lowest BCUT2D eigenvalue weighted by atomic mass is 10.2. The van der Waals surface area contributed by atoms with E-state index in [1.54, 1.807) is 50.6 Å². The number of methoxy groups -OCH3 is 2. The fourth-order valence-electron chi connectivity index (χ4n) is 1.88. The third-order valence-corrected chi connectivity index (χ3v) is 3.92. The second-order valence-electron chi connectivity index (χ2n) is 4.77. The number of carbonyl (C=O) groups excluding carboxylic acids is 1. The molecule has 0 aromatic heterocycles. The Morgan fingerprint density at radius 2 is 1.88 bits per heavy atom. The van der Waals surface area contributed by atoms with Crippen LogP contribution in [0.15, 0.2) is 46.0 Å². The molecule has 2 rings (SSSR count). The normalized spacial score (nSPS) is 10.6. The predicted octanol–water partition coefficient (Wildman–Crippen LogP) is 3.65. The topological polar surface area (TPSA) is 69.2 Å². The van der Waals surface area contributed by atoms with E-state index in [0.717, 1.165) is 5.56 Å². The molecule has 0 aliphatic heterocycles. The Hall–Kier alpha value is -2.25. The molecule has 0 aliphatic rings. The minimum Gasteiger partial charge on any atom is -0.493 e. The van der Waals surface area contributed by atoms with E-state index in [1.807, 2.05) is 0 Å². The number of nitrogens with one attached hydrogen (secondary N) is 1. The molecule has 2 aromatic carbocycles. The maximum atomic E-state index is 11.8. The lowest BCUT2D eigenvalue weighted by Crippen LogP contribution is -2.24. The van der Waals surface area contributed by atoms with Crippen molar-refractivity contribution < 1.29 is 19.0 Å². The molecule has 0 bridgehead atoms. The molecule has 132 valence electrons. The quantitative estimate of drug-likeness (QED) is 0.541. The van der Waals surface area contributed by atoms with E-state index in [1.165, 1.54) is 6.21 Å². The van der Waals surface area contributed by atoms with Gasteiger partial charge in [-0.1, -0.05) is 11.6 Å². The summed E-state index contributed by atoms with van der Waals surface area (Å²) in [5.41, 5.74) is 3.14. The van der Waals surface area contributed by atoms with Gasteiger partial charge in [-0.05, 0) is 57.9 Å². The van der Waals surface area contributed by atoms with Crippen LogP contribution in [0.3, 0.4) is 0 Å². The monoisotopic (exact) mass is 426 g/mol. The van der Waals surface area contributed by atoms with Crippen molar-refractivity contribution in [3.8, 4) is 17.2 Å². The number of amides is 1. The van der Waals surface area contributed by atoms with E-state index in [9.17, 15) is 4.79 Å². The van der Waals surface area contributed by atoms with Crippen molar-refractivity contribution in [2.75, 3.05) is 20.8 Å². The van der Waals surface area contributed by atoms with E-state index in [-0.39, 0.29) is 6.61 Å². The van der Waals surface area contributed by atoms with Crippen molar-refractivity contribution in [2.45, 2.75) is 0 Å². The number of hydrogen-bond donors (Lipinski definition) is 1. The van der Waals surface area contributed by atoms with E-state index < -0.39 is 5.91 Å². The standard InChI is InChI=1S/C17H16BrClN2O4/c1-23-15-5-3-11(7-16(15)24-2)9-20-21-17(22)10-25-14-6-4-12(19)8-13(14)18/h3-9H,10H2,1-2H3,(H,21,22). The molecule has 0 saturated carbocycles. The number of hydrogen-bond acceptors (Lipinski definition) is 5. The third kappa shape index (κ3) is 5.65. The Balaban J connectivity index is 1.88. The minimum absolute atomic E-state index is 0.177. The summed E-state index contributed by atoms with van der Waals surface area (Å²) in [4.78, 5) is 11.8. The van der Waals surface area contributed by atoms with Crippen LogP contribution in [-0.4, -0.2) is 32.9 Å². The summed E-state index contributed by atoms with van der Waals surface area (Å²) < 4.78 is 16.4. The molecule has 2 aromatic rings. The average molecular weight is 428 g/mol. The smallest absolute Gasteiger partial charge is 0.277 e. The molecule has 0 unspecified atom stereocenters. The Labute approximate surface area is 158 Å². The van der Waals surface area contributed by atoms with Crippen LogP contribution in [0.1, 0.15) is 5.56 Å². The highest BCUT2D eigenvalue weighted by molar-refractivity contribution is 9.10. The van der Waals surface area contributed by atoms with Gasteiger partial charge < -0.3 is 14.2 Å². The summed E-state index contributed by atoms with van der Waals surface area (Å²) in [6.07, 6.45) is 1.50. The molecule has 0 atom stereocenters. The van der Waals surface area contributed by atoms with Gasteiger partial charge in [0, 0.05) is 5.02 Å². The fraction of sp³-hybridized carbons (Fsp3) is 0.176. The maximum Gasteiger partial charge on any atom is 0.277 e. The van der Waals surface area contributed by atoms with Gasteiger partial charge in [0.1, 0.15) is 5.75 Å². The van der Waals surface area contributed by atoms with Crippen LogP contribution in [0.4, 0.5) is 0 Å². The van der Waals surface area contributed by atoms with Crippen molar-refractivity contribution in [1.29, 1.82) is 0 Å². The molecule has 25 heavy (non-hydrogen) atoms. The van der Waals surface area contributed by atoms with E-state index in [2.05, 4.69) is 26.5 Å². The third-order valence-electron chi connectivity index (χ3n) is 3.06. The van der Waals surface area contributed by atoms with Gasteiger partial charge in [0.05, 0.1) is 24.9 Å². The van der Waals surface area contributed by atoms with Crippen LogP contribution in [0.5, 0.6) is 17.2 Å².